The van der Waals surface area contributed by atoms with Crippen molar-refractivity contribution in [1.29, 1.82) is 0 Å². The van der Waals surface area contributed by atoms with E-state index < -0.39 is 0 Å². The Kier molecular flexibility index (Phi) is 3.74. The van der Waals surface area contributed by atoms with E-state index in [2.05, 4.69) is 20.9 Å². The molecule has 1 heterocycles. The van der Waals surface area contributed by atoms with Crippen molar-refractivity contribution < 1.29 is 4.74 Å². The summed E-state index contributed by atoms with van der Waals surface area (Å²) >= 11 is 4.94. The quantitative estimate of drug-likeness (QED) is 0.851. The van der Waals surface area contributed by atoms with E-state index in [1.807, 2.05) is 42.6 Å². The third kappa shape index (κ3) is 2.93. The molecule has 2 rings (SSSR count). The predicted molar refractivity (Wildman–Crippen MR) is 71.7 cm³/mol. The van der Waals surface area contributed by atoms with Crippen LogP contribution in [-0.4, -0.2) is 12.1 Å². The van der Waals surface area contributed by atoms with Crippen LogP contribution in [0.1, 0.15) is 10.4 Å². The maximum absolute atomic E-state index is 5.16. The first kappa shape index (κ1) is 11.4. The summed E-state index contributed by atoms with van der Waals surface area (Å²) in [6.07, 6.45) is 5.92. The highest BCUT2D eigenvalue weighted by molar-refractivity contribution is 9.11. The zero-order valence-corrected chi connectivity index (χ0v) is 11.1. The van der Waals surface area contributed by atoms with Gasteiger partial charge in [0.1, 0.15) is 5.75 Å². The van der Waals surface area contributed by atoms with Crippen LogP contribution in [0.3, 0.4) is 0 Å². The third-order valence-electron chi connectivity index (χ3n) is 2.03. The number of hydrogen-bond donors (Lipinski definition) is 0. The van der Waals surface area contributed by atoms with Crippen LogP contribution in [0.5, 0.6) is 5.75 Å². The van der Waals surface area contributed by atoms with Gasteiger partial charge in [0, 0.05) is 11.1 Å². The van der Waals surface area contributed by atoms with Crippen molar-refractivity contribution in [2.75, 3.05) is 7.11 Å². The summed E-state index contributed by atoms with van der Waals surface area (Å²) in [5.41, 5.74) is 1.11. The number of rotatable bonds is 3. The van der Waals surface area contributed by atoms with Gasteiger partial charge in [0.25, 0.3) is 0 Å². The highest BCUT2D eigenvalue weighted by Gasteiger charge is 1.95. The Morgan fingerprint density at radius 3 is 2.94 bits per heavy atom. The van der Waals surface area contributed by atoms with Crippen LogP contribution in [0.4, 0.5) is 0 Å². The van der Waals surface area contributed by atoms with Gasteiger partial charge in [-0.15, -0.1) is 11.3 Å². The van der Waals surface area contributed by atoms with E-state index in [9.17, 15) is 0 Å². The molecule has 0 amide bonds. The molecule has 4 heteroatoms. The highest BCUT2D eigenvalue weighted by atomic mass is 79.9. The summed E-state index contributed by atoms with van der Waals surface area (Å²) in [4.78, 5) is 5.24. The monoisotopic (exact) mass is 295 g/mol. The minimum absolute atomic E-state index is 0.868. The smallest absolute Gasteiger partial charge is 0.159 e. The molecule has 0 saturated carbocycles. The molecule has 0 atom stereocenters. The molecule has 0 aliphatic heterocycles. The standard InChI is InChI=1S/C12H10BrNOS/c1-15-10-4-2-3-9(7-10)5-6-11-8-14-12(13)16-11/h2-8H,1H3. The second-order valence-corrected chi connectivity index (χ2v) is 5.46. The maximum Gasteiger partial charge on any atom is 0.159 e. The fourth-order valence-corrected chi connectivity index (χ4v) is 2.47. The van der Waals surface area contributed by atoms with E-state index in [0.29, 0.717) is 0 Å². The van der Waals surface area contributed by atoms with Crippen molar-refractivity contribution in [2.24, 2.45) is 0 Å². The Morgan fingerprint density at radius 2 is 2.25 bits per heavy atom. The van der Waals surface area contributed by atoms with E-state index in [0.717, 1.165) is 20.1 Å². The van der Waals surface area contributed by atoms with Gasteiger partial charge in [0.2, 0.25) is 0 Å². The van der Waals surface area contributed by atoms with E-state index in [4.69, 9.17) is 4.74 Å². The minimum atomic E-state index is 0.868. The Balaban J connectivity index is 2.16. The molecule has 0 spiro atoms. The van der Waals surface area contributed by atoms with Crippen LogP contribution in [-0.2, 0) is 0 Å². The van der Waals surface area contributed by atoms with Crippen molar-refractivity contribution in [2.45, 2.75) is 0 Å². The number of nitrogens with zero attached hydrogens (tertiary/aromatic N) is 1. The van der Waals surface area contributed by atoms with Crippen LogP contribution in [0, 0.1) is 0 Å². The van der Waals surface area contributed by atoms with Gasteiger partial charge in [0.05, 0.1) is 7.11 Å². The average molecular weight is 296 g/mol. The summed E-state index contributed by atoms with van der Waals surface area (Å²) in [7, 11) is 1.67. The third-order valence-corrected chi connectivity index (χ3v) is 3.47. The second kappa shape index (κ2) is 5.27. The molecule has 0 bridgehead atoms. The van der Waals surface area contributed by atoms with E-state index in [1.54, 1.807) is 18.4 Å². The van der Waals surface area contributed by atoms with Gasteiger partial charge in [-0.25, -0.2) is 4.98 Å². The fourth-order valence-electron chi connectivity index (χ4n) is 1.26. The largest absolute Gasteiger partial charge is 0.497 e. The van der Waals surface area contributed by atoms with Gasteiger partial charge >= 0.3 is 0 Å². The zero-order chi connectivity index (χ0) is 11.4. The first-order valence-electron chi connectivity index (χ1n) is 4.71. The summed E-state index contributed by atoms with van der Waals surface area (Å²) in [5, 5.41) is 0. The first-order valence-corrected chi connectivity index (χ1v) is 6.32. The van der Waals surface area contributed by atoms with Gasteiger partial charge in [-0.3, -0.25) is 0 Å². The van der Waals surface area contributed by atoms with Gasteiger partial charge in [-0.2, -0.15) is 0 Å². The van der Waals surface area contributed by atoms with Crippen molar-refractivity contribution in [1.82, 2.24) is 4.98 Å². The molecule has 16 heavy (non-hydrogen) atoms. The van der Waals surface area contributed by atoms with Gasteiger partial charge < -0.3 is 4.74 Å². The van der Waals surface area contributed by atoms with Crippen molar-refractivity contribution >= 4 is 39.4 Å². The summed E-state index contributed by atoms with van der Waals surface area (Å²) < 4.78 is 6.06. The summed E-state index contributed by atoms with van der Waals surface area (Å²) in [6, 6.07) is 7.93. The number of methoxy groups -OCH3 is 1. The molecular weight excluding hydrogens is 286 g/mol. The first-order chi connectivity index (χ1) is 7.78. The molecular formula is C12H10BrNOS. The zero-order valence-electron chi connectivity index (χ0n) is 8.68. The number of ether oxygens (including phenoxy) is 1. The van der Waals surface area contributed by atoms with Crippen LogP contribution in [0.2, 0.25) is 0 Å². The topological polar surface area (TPSA) is 22.1 Å². The van der Waals surface area contributed by atoms with E-state index in [1.165, 1.54) is 0 Å². The van der Waals surface area contributed by atoms with Crippen LogP contribution in [0.15, 0.2) is 34.4 Å². The van der Waals surface area contributed by atoms with Crippen molar-refractivity contribution in [3.8, 4) is 5.75 Å². The molecule has 1 aromatic heterocycles. The molecule has 0 aliphatic rings. The van der Waals surface area contributed by atoms with E-state index >= 15 is 0 Å². The molecule has 1 aromatic carbocycles. The number of benzene rings is 1. The van der Waals surface area contributed by atoms with Crippen molar-refractivity contribution in [3.05, 3.63) is 44.8 Å². The number of aromatic nitrogens is 1. The SMILES string of the molecule is COc1cccc(C=Cc2cnc(Br)s2)c1. The lowest BCUT2D eigenvalue weighted by molar-refractivity contribution is 0.414. The lowest BCUT2D eigenvalue weighted by Gasteiger charge is -1.99. The molecule has 82 valence electrons. The van der Waals surface area contributed by atoms with Crippen LogP contribution in [0.25, 0.3) is 12.2 Å². The minimum Gasteiger partial charge on any atom is -0.497 e. The highest BCUT2D eigenvalue weighted by Crippen LogP contribution is 2.21. The van der Waals surface area contributed by atoms with Crippen molar-refractivity contribution in [3.63, 3.8) is 0 Å². The molecule has 0 radical (unpaired) electrons. The predicted octanol–water partition coefficient (Wildman–Crippen LogP) is 4.08. The Labute approximate surface area is 107 Å². The van der Waals surface area contributed by atoms with Gasteiger partial charge in [-0.1, -0.05) is 18.2 Å². The fraction of sp³-hybridized carbons (Fsp3) is 0.0833. The average Bonchev–Trinajstić information content (AvgIpc) is 2.73. The number of halogens is 1. The lowest BCUT2D eigenvalue weighted by atomic mass is 10.2. The number of hydrogen-bond acceptors (Lipinski definition) is 3. The van der Waals surface area contributed by atoms with Gasteiger partial charge in [0.15, 0.2) is 3.92 Å². The lowest BCUT2D eigenvalue weighted by Crippen LogP contribution is -1.81. The van der Waals surface area contributed by atoms with Crippen LogP contribution < -0.4 is 4.74 Å². The molecule has 2 nitrogen and oxygen atoms in total. The molecule has 2 aromatic rings. The molecule has 0 N–H and O–H groups in total. The summed E-state index contributed by atoms with van der Waals surface area (Å²) in [6.45, 7) is 0. The number of thiazole rings is 1. The normalized spacial score (nSPS) is 10.9. The Morgan fingerprint density at radius 1 is 1.38 bits per heavy atom. The molecule has 0 unspecified atom stereocenters. The molecule has 0 fully saturated rings. The summed E-state index contributed by atoms with van der Waals surface area (Å²) in [5.74, 6) is 0.868. The molecule has 0 aliphatic carbocycles. The molecule has 0 saturated heterocycles. The van der Waals surface area contributed by atoms with Crippen LogP contribution >= 0.6 is 27.3 Å². The maximum atomic E-state index is 5.16. The van der Waals surface area contributed by atoms with Gasteiger partial charge in [-0.05, 0) is 39.7 Å². The second-order valence-electron chi connectivity index (χ2n) is 3.13. The Bertz CT molecular complexity index is 507. The van der Waals surface area contributed by atoms with E-state index in [-0.39, 0.29) is 0 Å². The Hall–Kier alpha value is -1.13.